The minimum Gasteiger partial charge on any atom is -0.350 e. The lowest BCUT2D eigenvalue weighted by Crippen LogP contribution is -2.53. The minimum absolute atomic E-state index is 0.100. The first-order valence-electron chi connectivity index (χ1n) is 11.2. The molecule has 2 rings (SSSR count). The lowest BCUT2D eigenvalue weighted by molar-refractivity contribution is -0.142. The second kappa shape index (κ2) is 11.7. The van der Waals surface area contributed by atoms with Crippen molar-refractivity contribution in [3.05, 3.63) is 69.2 Å². The zero-order chi connectivity index (χ0) is 23.9. The van der Waals surface area contributed by atoms with E-state index < -0.39 is 11.6 Å². The minimum atomic E-state index is -0.614. The van der Waals surface area contributed by atoms with Crippen LogP contribution < -0.4 is 5.32 Å². The highest BCUT2D eigenvalue weighted by Gasteiger charge is 2.31. The average Bonchev–Trinajstić information content (AvgIpc) is 2.73. The Kier molecular flexibility index (Phi) is 9.60. The number of nitrogens with zero attached hydrogens (tertiary/aromatic N) is 1. The fraction of sp³-hybridized carbons (Fsp3) is 0.462. The van der Waals surface area contributed by atoms with Crippen molar-refractivity contribution < 1.29 is 9.59 Å². The van der Waals surface area contributed by atoms with Crippen LogP contribution in [0.5, 0.6) is 0 Å². The maximum Gasteiger partial charge on any atom is 0.243 e. The predicted octanol–water partition coefficient (Wildman–Crippen LogP) is 6.21. The van der Waals surface area contributed by atoms with Gasteiger partial charge >= 0.3 is 0 Å². The standard InChI is InChI=1S/C26H34Cl2N2O2/c1-6-18-11-13-19(14-12-18)15-16-24(31)30(17-20-21(27)9-8-10-22(20)28)23(7-2)25(32)29-26(3,4)5/h8-14,23H,6-7,15-17H2,1-5H3,(H,29,32)/t23-/m1/s1. The van der Waals surface area contributed by atoms with Crippen molar-refractivity contribution in [1.29, 1.82) is 0 Å². The molecule has 0 aliphatic heterocycles. The Morgan fingerprint density at radius 2 is 1.53 bits per heavy atom. The van der Waals surface area contributed by atoms with Crippen LogP contribution in [0.15, 0.2) is 42.5 Å². The van der Waals surface area contributed by atoms with E-state index in [1.165, 1.54) is 5.56 Å². The zero-order valence-corrected chi connectivity index (χ0v) is 21.2. The highest BCUT2D eigenvalue weighted by molar-refractivity contribution is 6.36. The van der Waals surface area contributed by atoms with Crippen molar-refractivity contribution in [2.75, 3.05) is 0 Å². The van der Waals surface area contributed by atoms with Crippen molar-refractivity contribution in [3.8, 4) is 0 Å². The van der Waals surface area contributed by atoms with Crippen LogP contribution in [0, 0.1) is 0 Å². The van der Waals surface area contributed by atoms with E-state index in [1.807, 2.05) is 27.7 Å². The summed E-state index contributed by atoms with van der Waals surface area (Å²) in [4.78, 5) is 28.1. The van der Waals surface area contributed by atoms with Gasteiger partial charge in [0.25, 0.3) is 0 Å². The smallest absolute Gasteiger partial charge is 0.243 e. The molecule has 0 bridgehead atoms. The van der Waals surface area contributed by atoms with Gasteiger partial charge in [-0.2, -0.15) is 0 Å². The van der Waals surface area contributed by atoms with E-state index in [2.05, 4.69) is 36.5 Å². The first-order valence-corrected chi connectivity index (χ1v) is 11.9. The Labute approximate surface area is 202 Å². The summed E-state index contributed by atoms with van der Waals surface area (Å²) in [6.45, 7) is 9.98. The van der Waals surface area contributed by atoms with Crippen LogP contribution in [0.3, 0.4) is 0 Å². The number of hydrogen-bond donors (Lipinski definition) is 1. The monoisotopic (exact) mass is 476 g/mol. The molecule has 1 atom stereocenters. The molecule has 0 spiro atoms. The van der Waals surface area contributed by atoms with Crippen LogP contribution in [-0.4, -0.2) is 28.3 Å². The normalized spacial score (nSPS) is 12.3. The molecule has 0 aliphatic carbocycles. The summed E-state index contributed by atoms with van der Waals surface area (Å²) in [7, 11) is 0. The Hall–Kier alpha value is -2.04. The molecule has 2 aromatic carbocycles. The van der Waals surface area contributed by atoms with Crippen LogP contribution >= 0.6 is 23.2 Å². The van der Waals surface area contributed by atoms with Crippen LogP contribution in [0.2, 0.25) is 10.0 Å². The molecule has 1 N–H and O–H groups in total. The highest BCUT2D eigenvalue weighted by atomic mass is 35.5. The summed E-state index contributed by atoms with van der Waals surface area (Å²) >= 11 is 12.8. The highest BCUT2D eigenvalue weighted by Crippen LogP contribution is 2.27. The van der Waals surface area contributed by atoms with Crippen molar-refractivity contribution in [3.63, 3.8) is 0 Å². The molecule has 0 heterocycles. The van der Waals surface area contributed by atoms with Crippen molar-refractivity contribution >= 4 is 35.0 Å². The quantitative estimate of drug-likeness (QED) is 0.467. The molecule has 0 saturated carbocycles. The molecule has 2 amide bonds. The van der Waals surface area contributed by atoms with Gasteiger partial charge in [0.1, 0.15) is 6.04 Å². The van der Waals surface area contributed by atoms with E-state index in [0.29, 0.717) is 34.9 Å². The Bertz CT molecular complexity index is 900. The largest absolute Gasteiger partial charge is 0.350 e. The molecule has 0 radical (unpaired) electrons. The summed E-state index contributed by atoms with van der Waals surface area (Å²) in [6, 6.07) is 12.9. The topological polar surface area (TPSA) is 49.4 Å². The first kappa shape index (κ1) is 26.2. The Morgan fingerprint density at radius 3 is 2.03 bits per heavy atom. The van der Waals surface area contributed by atoms with Gasteiger partial charge in [0.2, 0.25) is 11.8 Å². The molecule has 0 saturated heterocycles. The van der Waals surface area contributed by atoms with Gasteiger partial charge in [-0.25, -0.2) is 0 Å². The van der Waals surface area contributed by atoms with Crippen molar-refractivity contribution in [1.82, 2.24) is 10.2 Å². The van der Waals surface area contributed by atoms with E-state index >= 15 is 0 Å². The fourth-order valence-corrected chi connectivity index (χ4v) is 4.08. The molecule has 32 heavy (non-hydrogen) atoms. The van der Waals surface area contributed by atoms with Gasteiger partial charge < -0.3 is 10.2 Å². The van der Waals surface area contributed by atoms with Gasteiger partial charge in [0.15, 0.2) is 0 Å². The second-order valence-electron chi connectivity index (χ2n) is 9.06. The SMILES string of the molecule is CCc1ccc(CCC(=O)N(Cc2c(Cl)cccc2Cl)[C@H](CC)C(=O)NC(C)(C)C)cc1. The molecule has 0 fully saturated rings. The maximum atomic E-state index is 13.4. The molecule has 6 heteroatoms. The lowest BCUT2D eigenvalue weighted by atomic mass is 10.0. The van der Waals surface area contributed by atoms with Crippen LogP contribution in [0.25, 0.3) is 0 Å². The molecular formula is C26H34Cl2N2O2. The van der Waals surface area contributed by atoms with Crippen molar-refractivity contribution in [2.45, 2.75) is 78.4 Å². The van der Waals surface area contributed by atoms with Crippen LogP contribution in [-0.2, 0) is 29.0 Å². The van der Waals surface area contributed by atoms with E-state index in [-0.39, 0.29) is 18.4 Å². The molecule has 2 aromatic rings. The number of carbonyl (C=O) groups is 2. The van der Waals surface area contributed by atoms with Crippen LogP contribution in [0.1, 0.15) is 64.2 Å². The maximum absolute atomic E-state index is 13.4. The number of nitrogens with one attached hydrogen (secondary N) is 1. The number of rotatable bonds is 9. The number of aryl methyl sites for hydroxylation is 2. The number of hydrogen-bond acceptors (Lipinski definition) is 2. The molecule has 0 unspecified atom stereocenters. The molecule has 174 valence electrons. The van der Waals surface area contributed by atoms with Gasteiger partial charge in [-0.3, -0.25) is 9.59 Å². The molecule has 4 nitrogen and oxygen atoms in total. The van der Waals surface area contributed by atoms with E-state index in [4.69, 9.17) is 23.2 Å². The second-order valence-corrected chi connectivity index (χ2v) is 9.87. The number of benzene rings is 2. The van der Waals surface area contributed by atoms with Gasteiger partial charge in [-0.15, -0.1) is 0 Å². The third-order valence-electron chi connectivity index (χ3n) is 5.33. The van der Waals surface area contributed by atoms with E-state index in [1.54, 1.807) is 23.1 Å². The summed E-state index contributed by atoms with van der Waals surface area (Å²) < 4.78 is 0. The summed E-state index contributed by atoms with van der Waals surface area (Å²) in [5, 5.41) is 3.97. The number of amides is 2. The van der Waals surface area contributed by atoms with Gasteiger partial charge in [0.05, 0.1) is 0 Å². The third-order valence-corrected chi connectivity index (χ3v) is 6.04. The average molecular weight is 477 g/mol. The molecular weight excluding hydrogens is 443 g/mol. The Morgan fingerprint density at radius 1 is 0.969 bits per heavy atom. The van der Waals surface area contributed by atoms with E-state index in [0.717, 1.165) is 12.0 Å². The number of halogens is 2. The Balaban J connectivity index is 2.28. The summed E-state index contributed by atoms with van der Waals surface area (Å²) in [5.41, 5.74) is 2.61. The fourth-order valence-electron chi connectivity index (χ4n) is 3.56. The van der Waals surface area contributed by atoms with E-state index in [9.17, 15) is 9.59 Å². The van der Waals surface area contributed by atoms with Gasteiger partial charge in [0, 0.05) is 34.1 Å². The lowest BCUT2D eigenvalue weighted by Gasteiger charge is -2.33. The zero-order valence-electron chi connectivity index (χ0n) is 19.7. The summed E-state index contributed by atoms with van der Waals surface area (Å²) in [5.74, 6) is -0.278. The first-order chi connectivity index (χ1) is 15.1. The molecule has 0 aliphatic rings. The predicted molar refractivity (Wildman–Crippen MR) is 133 cm³/mol. The van der Waals surface area contributed by atoms with Crippen LogP contribution in [0.4, 0.5) is 0 Å². The third kappa shape index (κ3) is 7.53. The van der Waals surface area contributed by atoms with Gasteiger partial charge in [-0.1, -0.05) is 67.4 Å². The number of carbonyl (C=O) groups excluding carboxylic acids is 2. The summed E-state index contributed by atoms with van der Waals surface area (Å²) in [6.07, 6.45) is 2.37. The van der Waals surface area contributed by atoms with Gasteiger partial charge in [-0.05, 0) is 63.3 Å². The van der Waals surface area contributed by atoms with Crippen molar-refractivity contribution in [2.24, 2.45) is 0 Å². The molecule has 0 aromatic heterocycles.